The molecule has 1 aliphatic rings. The SMILES string of the molecule is Cc1ccc(Sc2ccc(C=C3SC(=O)N(CC(=O)Nc4cccc5ccccc45)C3=O)cc2[N+](=O)[O-])cc1. The molecule has 4 aromatic carbocycles. The van der Waals surface area contributed by atoms with E-state index in [1.165, 1.54) is 23.9 Å². The smallest absolute Gasteiger partial charge is 0.294 e. The van der Waals surface area contributed by atoms with E-state index in [-0.39, 0.29) is 10.6 Å². The third-order valence-electron chi connectivity index (χ3n) is 5.97. The highest BCUT2D eigenvalue weighted by molar-refractivity contribution is 8.18. The lowest BCUT2D eigenvalue weighted by Crippen LogP contribution is -2.36. The van der Waals surface area contributed by atoms with E-state index < -0.39 is 28.5 Å². The molecule has 1 fully saturated rings. The summed E-state index contributed by atoms with van der Waals surface area (Å²) in [5, 5.41) is 15.7. The van der Waals surface area contributed by atoms with E-state index in [2.05, 4.69) is 5.32 Å². The molecule has 0 bridgehead atoms. The molecule has 1 heterocycles. The molecule has 39 heavy (non-hydrogen) atoms. The van der Waals surface area contributed by atoms with Crippen LogP contribution in [0.4, 0.5) is 16.2 Å². The first-order chi connectivity index (χ1) is 18.8. The summed E-state index contributed by atoms with van der Waals surface area (Å²) in [6.45, 7) is 1.52. The number of fused-ring (bicyclic) bond motifs is 1. The van der Waals surface area contributed by atoms with Crippen molar-refractivity contribution in [3.63, 3.8) is 0 Å². The standard InChI is InChI=1S/C29H21N3O5S2/c1-18-9-12-21(13-10-18)38-25-14-11-19(15-24(25)32(36)37)16-26-28(34)31(29(35)39-26)17-27(33)30-23-8-4-6-20-5-2-3-7-22(20)23/h2-16H,17H2,1H3,(H,30,33). The van der Waals surface area contributed by atoms with E-state index in [9.17, 15) is 24.5 Å². The summed E-state index contributed by atoms with van der Waals surface area (Å²) >= 11 is 1.96. The van der Waals surface area contributed by atoms with Crippen LogP contribution in [0.3, 0.4) is 0 Å². The highest BCUT2D eigenvalue weighted by atomic mass is 32.2. The van der Waals surface area contributed by atoms with Gasteiger partial charge in [-0.25, -0.2) is 0 Å². The van der Waals surface area contributed by atoms with E-state index in [4.69, 9.17) is 0 Å². The van der Waals surface area contributed by atoms with Gasteiger partial charge in [-0.15, -0.1) is 0 Å². The van der Waals surface area contributed by atoms with Gasteiger partial charge in [-0.1, -0.05) is 71.9 Å². The molecule has 0 spiro atoms. The molecule has 0 aromatic heterocycles. The monoisotopic (exact) mass is 555 g/mol. The highest BCUT2D eigenvalue weighted by Crippen LogP contribution is 2.37. The van der Waals surface area contributed by atoms with Gasteiger partial charge in [0.2, 0.25) is 5.91 Å². The molecule has 0 aliphatic carbocycles. The number of benzene rings is 4. The second-order valence-electron chi connectivity index (χ2n) is 8.74. The Balaban J connectivity index is 1.31. The number of nitro groups is 1. The molecule has 0 saturated carbocycles. The molecular formula is C29H21N3O5S2. The molecule has 1 aliphatic heterocycles. The number of hydrogen-bond donors (Lipinski definition) is 1. The van der Waals surface area contributed by atoms with Crippen molar-refractivity contribution < 1.29 is 19.3 Å². The molecule has 3 amide bonds. The predicted octanol–water partition coefficient (Wildman–Crippen LogP) is 6.88. The summed E-state index contributed by atoms with van der Waals surface area (Å²) in [7, 11) is 0. The Hall–Kier alpha value is -4.41. The van der Waals surface area contributed by atoms with Crippen LogP contribution in [0.1, 0.15) is 11.1 Å². The summed E-state index contributed by atoms with van der Waals surface area (Å²) in [5.41, 5.74) is 1.96. The largest absolute Gasteiger partial charge is 0.324 e. The number of rotatable bonds is 7. The fourth-order valence-electron chi connectivity index (χ4n) is 4.04. The van der Waals surface area contributed by atoms with E-state index in [0.717, 1.165) is 26.1 Å². The number of nitrogens with one attached hydrogen (secondary N) is 1. The molecule has 0 unspecified atom stereocenters. The lowest BCUT2D eigenvalue weighted by atomic mass is 10.1. The summed E-state index contributed by atoms with van der Waals surface area (Å²) in [4.78, 5) is 51.9. The Morgan fingerprint density at radius 2 is 1.77 bits per heavy atom. The maximum absolute atomic E-state index is 13.0. The van der Waals surface area contributed by atoms with Gasteiger partial charge in [0.15, 0.2) is 0 Å². The van der Waals surface area contributed by atoms with Crippen LogP contribution in [-0.2, 0) is 9.59 Å². The number of thioether (sulfide) groups is 1. The van der Waals surface area contributed by atoms with Crippen LogP contribution in [0, 0.1) is 17.0 Å². The lowest BCUT2D eigenvalue weighted by Gasteiger charge is -2.13. The summed E-state index contributed by atoms with van der Waals surface area (Å²) in [5.74, 6) is -1.14. The lowest BCUT2D eigenvalue weighted by molar-refractivity contribution is -0.387. The number of carbonyl (C=O) groups is 3. The van der Waals surface area contributed by atoms with Crippen molar-refractivity contribution in [2.45, 2.75) is 16.7 Å². The van der Waals surface area contributed by atoms with Crippen molar-refractivity contribution in [3.05, 3.63) is 111 Å². The normalized spacial score (nSPS) is 14.3. The Morgan fingerprint density at radius 3 is 2.54 bits per heavy atom. The van der Waals surface area contributed by atoms with Gasteiger partial charge in [0.1, 0.15) is 6.54 Å². The number of anilines is 1. The van der Waals surface area contributed by atoms with Gasteiger partial charge in [-0.05, 0) is 60.0 Å². The van der Waals surface area contributed by atoms with Crippen LogP contribution in [-0.4, -0.2) is 33.4 Å². The molecule has 10 heteroatoms. The average Bonchev–Trinajstić information content (AvgIpc) is 3.18. The molecule has 0 radical (unpaired) electrons. The minimum atomic E-state index is -0.626. The number of nitro benzene ring substituents is 1. The predicted molar refractivity (Wildman–Crippen MR) is 154 cm³/mol. The van der Waals surface area contributed by atoms with Crippen LogP contribution in [0.25, 0.3) is 16.8 Å². The Kier molecular flexibility index (Phi) is 7.49. The van der Waals surface area contributed by atoms with Crippen molar-refractivity contribution in [3.8, 4) is 0 Å². The molecule has 0 atom stereocenters. The zero-order chi connectivity index (χ0) is 27.5. The van der Waals surface area contributed by atoms with Crippen molar-refractivity contribution in [2.24, 2.45) is 0 Å². The number of carbonyl (C=O) groups excluding carboxylic acids is 3. The molecule has 1 saturated heterocycles. The Bertz CT molecular complexity index is 1660. The van der Waals surface area contributed by atoms with Gasteiger partial charge < -0.3 is 5.32 Å². The third kappa shape index (κ3) is 5.87. The first-order valence-electron chi connectivity index (χ1n) is 11.8. The molecule has 8 nitrogen and oxygen atoms in total. The van der Waals surface area contributed by atoms with Gasteiger partial charge in [-0.2, -0.15) is 0 Å². The van der Waals surface area contributed by atoms with Gasteiger partial charge in [0.05, 0.1) is 14.7 Å². The van der Waals surface area contributed by atoms with Crippen LogP contribution in [0.2, 0.25) is 0 Å². The first-order valence-corrected chi connectivity index (χ1v) is 13.5. The van der Waals surface area contributed by atoms with Gasteiger partial charge in [-0.3, -0.25) is 29.4 Å². The molecule has 194 valence electrons. The van der Waals surface area contributed by atoms with Crippen LogP contribution in [0.15, 0.2) is 99.6 Å². The van der Waals surface area contributed by atoms with E-state index in [1.807, 2.05) is 67.6 Å². The summed E-state index contributed by atoms with van der Waals surface area (Å²) in [6, 6.07) is 25.3. The first kappa shape index (κ1) is 26.2. The summed E-state index contributed by atoms with van der Waals surface area (Å²) in [6.07, 6.45) is 1.43. The zero-order valence-electron chi connectivity index (χ0n) is 20.6. The number of hydrogen-bond acceptors (Lipinski definition) is 7. The number of imide groups is 1. The molecule has 4 aromatic rings. The minimum absolute atomic E-state index is 0.0891. The summed E-state index contributed by atoms with van der Waals surface area (Å²) < 4.78 is 0. The number of amides is 3. The molecule has 1 N–H and O–H groups in total. The Morgan fingerprint density at radius 1 is 1.03 bits per heavy atom. The number of aryl methyl sites for hydroxylation is 1. The maximum Gasteiger partial charge on any atom is 0.294 e. The molecule has 5 rings (SSSR count). The second kappa shape index (κ2) is 11.1. The quantitative estimate of drug-likeness (QED) is 0.150. The zero-order valence-corrected chi connectivity index (χ0v) is 22.3. The second-order valence-corrected chi connectivity index (χ2v) is 10.9. The van der Waals surface area contributed by atoms with Gasteiger partial charge in [0, 0.05) is 22.0 Å². The minimum Gasteiger partial charge on any atom is -0.324 e. The van der Waals surface area contributed by atoms with Crippen LogP contribution < -0.4 is 5.32 Å². The fourth-order valence-corrected chi connectivity index (χ4v) is 5.78. The van der Waals surface area contributed by atoms with Gasteiger partial charge in [0.25, 0.3) is 16.8 Å². The number of nitrogens with zero attached hydrogens (tertiary/aromatic N) is 2. The van der Waals surface area contributed by atoms with E-state index >= 15 is 0 Å². The van der Waals surface area contributed by atoms with Crippen LogP contribution >= 0.6 is 23.5 Å². The maximum atomic E-state index is 13.0. The van der Waals surface area contributed by atoms with E-state index in [1.54, 1.807) is 18.2 Å². The Labute approximate surface area is 232 Å². The van der Waals surface area contributed by atoms with Crippen molar-refractivity contribution in [1.82, 2.24) is 4.90 Å². The highest BCUT2D eigenvalue weighted by Gasteiger charge is 2.36. The van der Waals surface area contributed by atoms with Crippen molar-refractivity contribution in [1.29, 1.82) is 0 Å². The topological polar surface area (TPSA) is 110 Å². The van der Waals surface area contributed by atoms with Crippen molar-refractivity contribution in [2.75, 3.05) is 11.9 Å². The fraction of sp³-hybridized carbons (Fsp3) is 0.0690. The third-order valence-corrected chi connectivity index (χ3v) is 7.95. The van der Waals surface area contributed by atoms with Crippen LogP contribution in [0.5, 0.6) is 0 Å². The van der Waals surface area contributed by atoms with Gasteiger partial charge >= 0.3 is 0 Å². The van der Waals surface area contributed by atoms with E-state index in [0.29, 0.717) is 27.9 Å². The van der Waals surface area contributed by atoms with Crippen molar-refractivity contribution >= 4 is 68.8 Å². The average molecular weight is 556 g/mol. The molecular weight excluding hydrogens is 534 g/mol.